The molecule has 1 aromatic heterocycles. The number of aromatic nitrogens is 3. The second-order valence-electron chi connectivity index (χ2n) is 5.24. The summed E-state index contributed by atoms with van der Waals surface area (Å²) in [6.07, 6.45) is 4.69. The number of amides is 2. The summed E-state index contributed by atoms with van der Waals surface area (Å²) in [5.41, 5.74) is 0.529. The van der Waals surface area contributed by atoms with Crippen LogP contribution in [0.15, 0.2) is 6.20 Å². The van der Waals surface area contributed by atoms with E-state index >= 15 is 0 Å². The smallest absolute Gasteiger partial charge is 0.325 e. The third-order valence-electron chi connectivity index (χ3n) is 3.34. The number of urea groups is 1. The molecule has 2 atom stereocenters. The van der Waals surface area contributed by atoms with Crippen LogP contribution in [0, 0.1) is 5.92 Å². The predicted octanol–water partition coefficient (Wildman–Crippen LogP) is 0.350. The molecular formula is C12H19N5O3. The van der Waals surface area contributed by atoms with E-state index in [4.69, 9.17) is 5.11 Å². The highest BCUT2D eigenvalue weighted by Crippen LogP contribution is 2.24. The molecule has 1 aliphatic rings. The summed E-state index contributed by atoms with van der Waals surface area (Å²) in [7, 11) is 0. The first-order valence-electron chi connectivity index (χ1n) is 6.68. The third-order valence-corrected chi connectivity index (χ3v) is 3.34. The van der Waals surface area contributed by atoms with E-state index in [2.05, 4.69) is 27.9 Å². The molecule has 0 bridgehead atoms. The van der Waals surface area contributed by atoms with Crippen molar-refractivity contribution < 1.29 is 14.7 Å². The fraction of sp³-hybridized carbons (Fsp3) is 0.667. The summed E-state index contributed by atoms with van der Waals surface area (Å²) >= 11 is 0. The maximum Gasteiger partial charge on any atom is 0.325 e. The van der Waals surface area contributed by atoms with Gasteiger partial charge in [0, 0.05) is 6.04 Å². The first-order valence-corrected chi connectivity index (χ1v) is 6.68. The highest BCUT2D eigenvalue weighted by atomic mass is 16.4. The number of carboxylic acids is 1. The molecule has 0 spiro atoms. The van der Waals surface area contributed by atoms with Crippen LogP contribution in [0.2, 0.25) is 0 Å². The lowest BCUT2D eigenvalue weighted by atomic mass is 10.1. The monoisotopic (exact) mass is 281 g/mol. The maximum absolute atomic E-state index is 11.7. The van der Waals surface area contributed by atoms with E-state index in [0.717, 1.165) is 19.3 Å². The Morgan fingerprint density at radius 3 is 2.95 bits per heavy atom. The van der Waals surface area contributed by atoms with E-state index in [1.165, 1.54) is 10.9 Å². The number of rotatable bonds is 5. The molecule has 0 aliphatic heterocycles. The molecule has 3 N–H and O–H groups in total. The molecule has 1 saturated carbocycles. The van der Waals surface area contributed by atoms with Gasteiger partial charge in [-0.05, 0) is 25.2 Å². The fourth-order valence-corrected chi connectivity index (χ4v) is 2.38. The topological polar surface area (TPSA) is 109 Å². The largest absolute Gasteiger partial charge is 0.480 e. The lowest BCUT2D eigenvalue weighted by molar-refractivity contribution is -0.137. The van der Waals surface area contributed by atoms with E-state index in [1.807, 2.05) is 0 Å². The van der Waals surface area contributed by atoms with Crippen LogP contribution in [0.4, 0.5) is 4.79 Å². The van der Waals surface area contributed by atoms with Crippen LogP contribution in [0.3, 0.4) is 0 Å². The number of aliphatic carboxylic acids is 1. The van der Waals surface area contributed by atoms with Crippen LogP contribution in [0.5, 0.6) is 0 Å². The lowest BCUT2D eigenvalue weighted by Gasteiger charge is -2.12. The summed E-state index contributed by atoms with van der Waals surface area (Å²) in [6, 6.07) is 0.0181. The van der Waals surface area contributed by atoms with Crippen LogP contribution < -0.4 is 10.6 Å². The summed E-state index contributed by atoms with van der Waals surface area (Å²) in [5, 5.41) is 21.7. The highest BCUT2D eigenvalue weighted by molar-refractivity contribution is 5.74. The molecule has 110 valence electrons. The highest BCUT2D eigenvalue weighted by Gasteiger charge is 2.22. The Bertz CT molecular complexity index is 487. The van der Waals surface area contributed by atoms with Gasteiger partial charge in [0.25, 0.3) is 0 Å². The van der Waals surface area contributed by atoms with E-state index in [1.54, 1.807) is 0 Å². The normalized spacial score (nSPS) is 21.6. The molecular weight excluding hydrogens is 262 g/mol. The Morgan fingerprint density at radius 2 is 2.30 bits per heavy atom. The SMILES string of the molecule is CC1CCC(NC(=O)NCc2cn(CC(=O)O)nn2)C1. The van der Waals surface area contributed by atoms with Crippen molar-refractivity contribution in [1.29, 1.82) is 0 Å². The first kappa shape index (κ1) is 14.3. The van der Waals surface area contributed by atoms with Gasteiger partial charge in [-0.3, -0.25) is 4.79 Å². The van der Waals surface area contributed by atoms with Gasteiger partial charge in [0.1, 0.15) is 12.2 Å². The minimum atomic E-state index is -0.984. The summed E-state index contributed by atoms with van der Waals surface area (Å²) in [4.78, 5) is 22.2. The zero-order valence-electron chi connectivity index (χ0n) is 11.4. The quantitative estimate of drug-likeness (QED) is 0.721. The van der Waals surface area contributed by atoms with Gasteiger partial charge in [-0.15, -0.1) is 5.10 Å². The van der Waals surface area contributed by atoms with Crippen LogP contribution in [0.25, 0.3) is 0 Å². The Balaban J connectivity index is 1.72. The molecule has 8 nitrogen and oxygen atoms in total. The molecule has 1 fully saturated rings. The number of carboxylic acid groups (broad SMARTS) is 1. The fourth-order valence-electron chi connectivity index (χ4n) is 2.38. The zero-order chi connectivity index (χ0) is 14.5. The van der Waals surface area contributed by atoms with Gasteiger partial charge in [-0.2, -0.15) is 0 Å². The van der Waals surface area contributed by atoms with Gasteiger partial charge < -0.3 is 15.7 Å². The van der Waals surface area contributed by atoms with E-state index in [-0.39, 0.29) is 25.2 Å². The molecule has 1 aliphatic carbocycles. The molecule has 0 radical (unpaired) electrons. The molecule has 2 rings (SSSR count). The maximum atomic E-state index is 11.7. The number of nitrogens with one attached hydrogen (secondary N) is 2. The van der Waals surface area contributed by atoms with E-state index in [9.17, 15) is 9.59 Å². The van der Waals surface area contributed by atoms with Crippen LogP contribution in [-0.4, -0.2) is 38.1 Å². The van der Waals surface area contributed by atoms with E-state index in [0.29, 0.717) is 11.6 Å². The van der Waals surface area contributed by atoms with Crippen LogP contribution in [0.1, 0.15) is 31.9 Å². The molecule has 8 heteroatoms. The minimum absolute atomic E-state index is 0.225. The average molecular weight is 281 g/mol. The number of hydrogen-bond donors (Lipinski definition) is 3. The van der Waals surface area contributed by atoms with Gasteiger partial charge >= 0.3 is 12.0 Å². The van der Waals surface area contributed by atoms with Crippen molar-refractivity contribution in [2.75, 3.05) is 0 Å². The minimum Gasteiger partial charge on any atom is -0.480 e. The molecule has 20 heavy (non-hydrogen) atoms. The Labute approximate surface area is 116 Å². The van der Waals surface area contributed by atoms with Crippen molar-refractivity contribution in [3.05, 3.63) is 11.9 Å². The predicted molar refractivity (Wildman–Crippen MR) is 69.8 cm³/mol. The molecule has 1 aromatic rings. The lowest BCUT2D eigenvalue weighted by Crippen LogP contribution is -2.40. The third kappa shape index (κ3) is 4.22. The Kier molecular flexibility index (Phi) is 4.54. The van der Waals surface area contributed by atoms with E-state index < -0.39 is 5.97 Å². The van der Waals surface area contributed by atoms with Gasteiger partial charge in [0.15, 0.2) is 0 Å². The molecule has 2 amide bonds. The van der Waals surface area contributed by atoms with Crippen LogP contribution >= 0.6 is 0 Å². The van der Waals surface area contributed by atoms with Gasteiger partial charge in [-0.25, -0.2) is 9.48 Å². The van der Waals surface area contributed by atoms with Crippen LogP contribution in [-0.2, 0) is 17.9 Å². The summed E-state index contributed by atoms with van der Waals surface area (Å²) in [6.45, 7) is 2.17. The summed E-state index contributed by atoms with van der Waals surface area (Å²) in [5.74, 6) is -0.321. The van der Waals surface area contributed by atoms with Crippen molar-refractivity contribution in [2.24, 2.45) is 5.92 Å². The number of hydrogen-bond acceptors (Lipinski definition) is 4. The summed E-state index contributed by atoms with van der Waals surface area (Å²) < 4.78 is 1.22. The second kappa shape index (κ2) is 6.36. The average Bonchev–Trinajstić information content (AvgIpc) is 2.96. The second-order valence-corrected chi connectivity index (χ2v) is 5.24. The number of carbonyl (C=O) groups is 2. The standard InChI is InChI=1S/C12H19N5O3/c1-8-2-3-9(4-8)14-12(20)13-5-10-6-17(16-15-10)7-11(18)19/h6,8-9H,2-5,7H2,1H3,(H,18,19)(H2,13,14,20). The zero-order valence-corrected chi connectivity index (χ0v) is 11.4. The molecule has 2 unspecified atom stereocenters. The van der Waals surface area contributed by atoms with Gasteiger partial charge in [0.05, 0.1) is 12.7 Å². The van der Waals surface area contributed by atoms with Crippen molar-refractivity contribution in [1.82, 2.24) is 25.6 Å². The molecule has 0 saturated heterocycles. The Hall–Kier alpha value is -2.12. The number of nitrogens with zero attached hydrogens (tertiary/aromatic N) is 3. The van der Waals surface area contributed by atoms with Crippen molar-refractivity contribution in [3.8, 4) is 0 Å². The number of carbonyl (C=O) groups excluding carboxylic acids is 1. The Morgan fingerprint density at radius 1 is 1.50 bits per heavy atom. The van der Waals surface area contributed by atoms with Gasteiger partial charge in [0.2, 0.25) is 0 Å². The first-order chi connectivity index (χ1) is 9.52. The van der Waals surface area contributed by atoms with Gasteiger partial charge in [-0.1, -0.05) is 12.1 Å². The molecule has 0 aromatic carbocycles. The molecule has 1 heterocycles. The van der Waals surface area contributed by atoms with Crippen molar-refractivity contribution >= 4 is 12.0 Å². The van der Waals surface area contributed by atoms with Crippen molar-refractivity contribution in [3.63, 3.8) is 0 Å². The van der Waals surface area contributed by atoms with Crippen molar-refractivity contribution in [2.45, 2.75) is 45.3 Å².